The number of carbonyl (C=O) groups excluding carboxylic acids is 1. The van der Waals surface area contributed by atoms with E-state index < -0.39 is 0 Å². The van der Waals surface area contributed by atoms with Gasteiger partial charge >= 0.3 is 0 Å². The zero-order valence-electron chi connectivity index (χ0n) is 14.1. The lowest BCUT2D eigenvalue weighted by atomic mass is 10.2. The predicted octanol–water partition coefficient (Wildman–Crippen LogP) is 1.91. The van der Waals surface area contributed by atoms with Crippen LogP contribution in [0.15, 0.2) is 41.5 Å². The summed E-state index contributed by atoms with van der Waals surface area (Å²) in [5.41, 5.74) is 1.54. The zero-order chi connectivity index (χ0) is 17.4. The van der Waals surface area contributed by atoms with Crippen molar-refractivity contribution in [2.45, 2.75) is 39.3 Å². The van der Waals surface area contributed by atoms with Gasteiger partial charge in [-0.3, -0.25) is 14.2 Å². The number of nitrogens with one attached hydrogen (secondary N) is 1. The van der Waals surface area contributed by atoms with E-state index in [1.54, 1.807) is 7.11 Å². The highest BCUT2D eigenvalue weighted by Gasteiger charge is 2.06. The summed E-state index contributed by atoms with van der Waals surface area (Å²) in [5.74, 6) is 0.543. The van der Waals surface area contributed by atoms with E-state index in [2.05, 4.69) is 17.2 Å². The molecule has 128 valence electrons. The molecule has 0 aliphatic carbocycles. The van der Waals surface area contributed by atoms with Crippen molar-refractivity contribution in [3.63, 3.8) is 0 Å². The number of benzene rings is 1. The number of carbonyl (C=O) groups is 1. The molecule has 0 radical (unpaired) electrons. The first-order valence-electron chi connectivity index (χ1n) is 8.07. The maximum absolute atomic E-state index is 12.0. The van der Waals surface area contributed by atoms with E-state index in [0.717, 1.165) is 36.3 Å². The molecule has 6 heteroatoms. The van der Waals surface area contributed by atoms with Crippen LogP contribution in [0.1, 0.15) is 31.0 Å². The van der Waals surface area contributed by atoms with Gasteiger partial charge in [0, 0.05) is 18.3 Å². The second-order valence-electron chi connectivity index (χ2n) is 5.57. The second kappa shape index (κ2) is 8.86. The Morgan fingerprint density at radius 1 is 1.29 bits per heavy atom. The van der Waals surface area contributed by atoms with Crippen molar-refractivity contribution in [3.05, 3.63) is 58.3 Å². The Labute approximate surface area is 141 Å². The van der Waals surface area contributed by atoms with Crippen LogP contribution in [0.3, 0.4) is 0 Å². The maximum atomic E-state index is 12.0. The largest absolute Gasteiger partial charge is 0.497 e. The number of amides is 1. The van der Waals surface area contributed by atoms with Crippen LogP contribution < -0.4 is 15.6 Å². The molecule has 0 atom stereocenters. The molecule has 1 aromatic heterocycles. The lowest BCUT2D eigenvalue weighted by Gasteiger charge is -2.08. The van der Waals surface area contributed by atoms with Gasteiger partial charge in [0.1, 0.15) is 12.3 Å². The highest BCUT2D eigenvalue weighted by molar-refractivity contribution is 5.75. The highest BCUT2D eigenvalue weighted by Crippen LogP contribution is 2.10. The number of hydrogen-bond donors (Lipinski definition) is 1. The molecule has 6 nitrogen and oxygen atoms in total. The minimum atomic E-state index is -0.226. The average molecular weight is 329 g/mol. The molecule has 0 unspecified atom stereocenters. The molecule has 1 aromatic carbocycles. The van der Waals surface area contributed by atoms with Crippen molar-refractivity contribution < 1.29 is 9.53 Å². The van der Waals surface area contributed by atoms with Gasteiger partial charge in [0.05, 0.1) is 13.4 Å². The molecule has 2 rings (SSSR count). The highest BCUT2D eigenvalue weighted by atomic mass is 16.5. The number of unbranched alkanes of at least 4 members (excludes halogenated alkanes) is 1. The second-order valence-corrected chi connectivity index (χ2v) is 5.57. The number of aromatic nitrogens is 2. The van der Waals surface area contributed by atoms with Gasteiger partial charge in [-0.1, -0.05) is 25.5 Å². The number of methoxy groups -OCH3 is 1. The Kier molecular flexibility index (Phi) is 6.54. The lowest BCUT2D eigenvalue weighted by molar-refractivity contribution is -0.121. The number of nitrogens with zero attached hydrogens (tertiary/aromatic N) is 2. The van der Waals surface area contributed by atoms with Gasteiger partial charge in [-0.15, -0.1) is 0 Å². The Morgan fingerprint density at radius 2 is 2.04 bits per heavy atom. The van der Waals surface area contributed by atoms with Crippen LogP contribution in [0.5, 0.6) is 5.75 Å². The molecular weight excluding hydrogens is 306 g/mol. The van der Waals surface area contributed by atoms with Gasteiger partial charge in [0.25, 0.3) is 5.56 Å². The number of aryl methyl sites for hydroxylation is 1. The summed E-state index contributed by atoms with van der Waals surface area (Å²) < 4.78 is 6.41. The van der Waals surface area contributed by atoms with Gasteiger partial charge in [-0.05, 0) is 30.5 Å². The molecular formula is C18H23N3O3. The van der Waals surface area contributed by atoms with Gasteiger partial charge in [-0.2, -0.15) is 0 Å². The van der Waals surface area contributed by atoms with E-state index in [4.69, 9.17) is 4.74 Å². The number of rotatable bonds is 8. The Morgan fingerprint density at radius 3 is 2.67 bits per heavy atom. The SMILES string of the molecule is CCCCc1cc(=O)n(CC(=O)NCc2ccc(OC)cc2)cn1. The molecule has 0 aliphatic heterocycles. The Bertz CT molecular complexity index is 723. The molecule has 1 amide bonds. The fourth-order valence-electron chi connectivity index (χ4n) is 2.23. The predicted molar refractivity (Wildman–Crippen MR) is 91.9 cm³/mol. The molecule has 0 saturated heterocycles. The smallest absolute Gasteiger partial charge is 0.253 e. The van der Waals surface area contributed by atoms with Crippen LogP contribution in [0.2, 0.25) is 0 Å². The van der Waals surface area contributed by atoms with Crippen LogP contribution in [0.25, 0.3) is 0 Å². The third kappa shape index (κ3) is 5.22. The van der Waals surface area contributed by atoms with Gasteiger partial charge in [0.15, 0.2) is 0 Å². The third-order valence-electron chi connectivity index (χ3n) is 3.69. The molecule has 0 saturated carbocycles. The summed E-state index contributed by atoms with van der Waals surface area (Å²) in [4.78, 5) is 28.2. The summed E-state index contributed by atoms with van der Waals surface area (Å²) in [6.07, 6.45) is 4.29. The van der Waals surface area contributed by atoms with Crippen molar-refractivity contribution in [3.8, 4) is 5.75 Å². The van der Waals surface area contributed by atoms with Crippen molar-refractivity contribution in [1.82, 2.24) is 14.9 Å². The minimum absolute atomic E-state index is 0.0317. The quantitative estimate of drug-likeness (QED) is 0.803. The van der Waals surface area contributed by atoms with Crippen LogP contribution in [-0.2, 0) is 24.3 Å². The monoisotopic (exact) mass is 329 g/mol. The standard InChI is InChI=1S/C18H23N3O3/c1-3-4-5-15-10-18(23)21(13-20-15)12-17(22)19-11-14-6-8-16(24-2)9-7-14/h6-10,13H,3-5,11-12H2,1-2H3,(H,19,22). The third-order valence-corrected chi connectivity index (χ3v) is 3.69. The Balaban J connectivity index is 1.88. The van der Waals surface area contributed by atoms with Crippen LogP contribution in [0.4, 0.5) is 0 Å². The molecule has 0 fully saturated rings. The molecule has 0 bridgehead atoms. The van der Waals surface area contributed by atoms with E-state index in [-0.39, 0.29) is 18.0 Å². The normalized spacial score (nSPS) is 10.4. The minimum Gasteiger partial charge on any atom is -0.497 e. The zero-order valence-corrected chi connectivity index (χ0v) is 14.1. The summed E-state index contributed by atoms with van der Waals surface area (Å²) in [6, 6.07) is 8.95. The molecule has 1 heterocycles. The van der Waals surface area contributed by atoms with Crippen LogP contribution in [-0.4, -0.2) is 22.6 Å². The van der Waals surface area contributed by atoms with Gasteiger partial charge < -0.3 is 10.1 Å². The fraction of sp³-hybridized carbons (Fsp3) is 0.389. The number of hydrogen-bond acceptors (Lipinski definition) is 4. The lowest BCUT2D eigenvalue weighted by Crippen LogP contribution is -2.32. The van der Waals surface area contributed by atoms with E-state index >= 15 is 0 Å². The summed E-state index contributed by atoms with van der Waals surface area (Å²) in [6.45, 7) is 2.46. The fourth-order valence-corrected chi connectivity index (χ4v) is 2.23. The molecule has 0 aliphatic rings. The maximum Gasteiger partial charge on any atom is 0.253 e. The van der Waals surface area contributed by atoms with E-state index in [1.165, 1.54) is 17.0 Å². The first-order chi connectivity index (χ1) is 11.6. The Hall–Kier alpha value is -2.63. The molecule has 1 N–H and O–H groups in total. The molecule has 0 spiro atoms. The summed E-state index contributed by atoms with van der Waals surface area (Å²) in [7, 11) is 1.61. The van der Waals surface area contributed by atoms with E-state index in [0.29, 0.717) is 6.54 Å². The average Bonchev–Trinajstić information content (AvgIpc) is 2.60. The van der Waals surface area contributed by atoms with Crippen molar-refractivity contribution in [1.29, 1.82) is 0 Å². The molecule has 24 heavy (non-hydrogen) atoms. The van der Waals surface area contributed by atoms with Gasteiger partial charge in [0.2, 0.25) is 5.91 Å². The van der Waals surface area contributed by atoms with Crippen molar-refractivity contribution in [2.24, 2.45) is 0 Å². The number of ether oxygens (including phenoxy) is 1. The van der Waals surface area contributed by atoms with E-state index in [9.17, 15) is 9.59 Å². The van der Waals surface area contributed by atoms with Crippen molar-refractivity contribution in [2.75, 3.05) is 7.11 Å². The summed E-state index contributed by atoms with van der Waals surface area (Å²) >= 11 is 0. The van der Waals surface area contributed by atoms with Gasteiger partial charge in [-0.25, -0.2) is 4.98 Å². The first kappa shape index (κ1) is 17.7. The van der Waals surface area contributed by atoms with Crippen LogP contribution >= 0.6 is 0 Å². The topological polar surface area (TPSA) is 73.2 Å². The molecule has 2 aromatic rings. The van der Waals surface area contributed by atoms with Crippen LogP contribution in [0, 0.1) is 0 Å². The first-order valence-corrected chi connectivity index (χ1v) is 8.07. The summed E-state index contributed by atoms with van der Waals surface area (Å²) in [5, 5.41) is 2.79. The van der Waals surface area contributed by atoms with Crippen molar-refractivity contribution >= 4 is 5.91 Å². The van der Waals surface area contributed by atoms with E-state index in [1.807, 2.05) is 24.3 Å².